The van der Waals surface area contributed by atoms with Crippen molar-refractivity contribution in [1.82, 2.24) is 10.6 Å². The molecule has 3 aliphatic rings. The normalized spacial score (nSPS) is 29.2. The molecule has 0 aromatic carbocycles. The summed E-state index contributed by atoms with van der Waals surface area (Å²) >= 11 is 0. The highest BCUT2D eigenvalue weighted by atomic mass is 16.2. The fourth-order valence-electron chi connectivity index (χ4n) is 3.29. The Balaban J connectivity index is 1.77. The van der Waals surface area contributed by atoms with Crippen molar-refractivity contribution in [3.8, 4) is 0 Å². The number of carbonyl (C=O) groups is 1. The van der Waals surface area contributed by atoms with E-state index in [1.54, 1.807) is 0 Å². The number of nitrogens with one attached hydrogen (secondary N) is 2. The van der Waals surface area contributed by atoms with Crippen LogP contribution in [0.3, 0.4) is 0 Å². The van der Waals surface area contributed by atoms with E-state index in [0.29, 0.717) is 5.92 Å². The number of amidine groups is 1. The van der Waals surface area contributed by atoms with Gasteiger partial charge in [-0.1, -0.05) is 19.3 Å². The van der Waals surface area contributed by atoms with Crippen LogP contribution in [0.25, 0.3) is 0 Å². The maximum atomic E-state index is 12.2. The van der Waals surface area contributed by atoms with Gasteiger partial charge in [0.1, 0.15) is 11.4 Å². The second kappa shape index (κ2) is 4.41. The van der Waals surface area contributed by atoms with Gasteiger partial charge < -0.3 is 10.6 Å². The van der Waals surface area contributed by atoms with Gasteiger partial charge in [-0.2, -0.15) is 0 Å². The van der Waals surface area contributed by atoms with Crippen LogP contribution in [0.4, 0.5) is 0 Å². The molecule has 1 saturated carbocycles. The lowest BCUT2D eigenvalue weighted by molar-refractivity contribution is -0.124. The van der Waals surface area contributed by atoms with E-state index >= 15 is 0 Å². The highest BCUT2D eigenvalue weighted by Crippen LogP contribution is 2.32. The van der Waals surface area contributed by atoms with Gasteiger partial charge in [-0.15, -0.1) is 0 Å². The first kappa shape index (κ1) is 11.2. The van der Waals surface area contributed by atoms with Crippen LogP contribution in [0.15, 0.2) is 4.99 Å². The number of aliphatic imine (C=N–C) groups is 1. The molecule has 3 rings (SSSR count). The number of rotatable bonds is 1. The van der Waals surface area contributed by atoms with Gasteiger partial charge in [0.15, 0.2) is 0 Å². The van der Waals surface area contributed by atoms with E-state index in [9.17, 15) is 4.79 Å². The summed E-state index contributed by atoms with van der Waals surface area (Å²) in [5, 5.41) is 6.37. The molecule has 1 amide bonds. The van der Waals surface area contributed by atoms with Crippen molar-refractivity contribution >= 4 is 11.7 Å². The second-order valence-electron chi connectivity index (χ2n) is 5.57. The van der Waals surface area contributed by atoms with Crippen molar-refractivity contribution in [3.05, 3.63) is 0 Å². The molecule has 0 aromatic heterocycles. The Hall–Kier alpha value is -0.900. The second-order valence-corrected chi connectivity index (χ2v) is 5.57. The van der Waals surface area contributed by atoms with E-state index in [1.165, 1.54) is 32.1 Å². The van der Waals surface area contributed by atoms with Gasteiger partial charge in [0.2, 0.25) is 0 Å². The lowest BCUT2D eigenvalue weighted by Crippen LogP contribution is -2.47. The number of hydrogen-bond donors (Lipinski definition) is 2. The summed E-state index contributed by atoms with van der Waals surface area (Å²) in [6, 6.07) is 0. The lowest BCUT2D eigenvalue weighted by atomic mass is 9.88. The molecule has 4 nitrogen and oxygen atoms in total. The van der Waals surface area contributed by atoms with Gasteiger partial charge in [0.05, 0.1) is 0 Å². The van der Waals surface area contributed by atoms with Gasteiger partial charge in [0, 0.05) is 5.92 Å². The van der Waals surface area contributed by atoms with Crippen LogP contribution in [-0.2, 0) is 4.79 Å². The molecule has 2 aliphatic heterocycles. The average Bonchev–Trinajstić information content (AvgIpc) is 2.69. The molecule has 0 unspecified atom stereocenters. The van der Waals surface area contributed by atoms with Crippen molar-refractivity contribution in [2.45, 2.75) is 50.5 Å². The zero-order chi connectivity index (χ0) is 11.7. The molecule has 94 valence electrons. The third kappa shape index (κ3) is 1.99. The Morgan fingerprint density at radius 1 is 1.12 bits per heavy atom. The smallest absolute Gasteiger partial charge is 0.253 e. The first-order valence-electron chi connectivity index (χ1n) is 6.92. The number of hydrogen-bond acceptors (Lipinski definition) is 3. The van der Waals surface area contributed by atoms with Crippen LogP contribution in [0.5, 0.6) is 0 Å². The number of carbonyl (C=O) groups excluding carboxylic acids is 1. The molecule has 4 heteroatoms. The summed E-state index contributed by atoms with van der Waals surface area (Å²) in [6.45, 7) is 1.82. The molecular weight excluding hydrogens is 214 g/mol. The molecule has 1 saturated heterocycles. The van der Waals surface area contributed by atoms with Crippen LogP contribution in [0, 0.1) is 5.92 Å². The van der Waals surface area contributed by atoms with Crippen LogP contribution in [0.2, 0.25) is 0 Å². The van der Waals surface area contributed by atoms with Crippen molar-refractivity contribution in [3.63, 3.8) is 0 Å². The zero-order valence-electron chi connectivity index (χ0n) is 10.3. The lowest BCUT2D eigenvalue weighted by Gasteiger charge is -2.28. The van der Waals surface area contributed by atoms with Crippen molar-refractivity contribution in [1.29, 1.82) is 0 Å². The maximum Gasteiger partial charge on any atom is 0.253 e. The molecular formula is C13H21N3O. The van der Waals surface area contributed by atoms with Gasteiger partial charge >= 0.3 is 0 Å². The molecule has 2 N–H and O–H groups in total. The van der Waals surface area contributed by atoms with Crippen molar-refractivity contribution < 1.29 is 4.79 Å². The SMILES string of the molecule is O=C1NC(C2CCCCC2)=NC12CCNCC2. The topological polar surface area (TPSA) is 53.5 Å². The molecule has 0 aromatic rings. The Kier molecular flexibility index (Phi) is 2.90. The van der Waals surface area contributed by atoms with Gasteiger partial charge in [-0.05, 0) is 38.8 Å². The van der Waals surface area contributed by atoms with Crippen molar-refractivity contribution in [2.75, 3.05) is 13.1 Å². The molecule has 0 atom stereocenters. The monoisotopic (exact) mass is 235 g/mol. The van der Waals surface area contributed by atoms with Crippen LogP contribution in [-0.4, -0.2) is 30.4 Å². The van der Waals surface area contributed by atoms with Gasteiger partial charge in [-0.25, -0.2) is 0 Å². The fourth-order valence-corrected chi connectivity index (χ4v) is 3.29. The number of nitrogens with zero attached hydrogens (tertiary/aromatic N) is 1. The van der Waals surface area contributed by atoms with Crippen LogP contribution < -0.4 is 10.6 Å². The van der Waals surface area contributed by atoms with Crippen LogP contribution in [0.1, 0.15) is 44.9 Å². The predicted molar refractivity (Wildman–Crippen MR) is 67.0 cm³/mol. The molecule has 17 heavy (non-hydrogen) atoms. The number of amides is 1. The van der Waals surface area contributed by atoms with Gasteiger partial charge in [-0.3, -0.25) is 9.79 Å². The zero-order valence-corrected chi connectivity index (χ0v) is 10.3. The molecule has 1 spiro atoms. The largest absolute Gasteiger partial charge is 0.317 e. The van der Waals surface area contributed by atoms with E-state index < -0.39 is 5.54 Å². The summed E-state index contributed by atoms with van der Waals surface area (Å²) in [5.41, 5.74) is -0.419. The minimum absolute atomic E-state index is 0.152. The summed E-state index contributed by atoms with van der Waals surface area (Å²) in [6.07, 6.45) is 8.03. The summed E-state index contributed by atoms with van der Waals surface area (Å²) in [4.78, 5) is 17.0. The molecule has 2 fully saturated rings. The van der Waals surface area contributed by atoms with E-state index in [2.05, 4.69) is 10.6 Å². The minimum Gasteiger partial charge on any atom is -0.317 e. The predicted octanol–water partition coefficient (Wildman–Crippen LogP) is 1.22. The quantitative estimate of drug-likeness (QED) is 0.718. The van der Waals surface area contributed by atoms with Crippen LogP contribution >= 0.6 is 0 Å². The van der Waals surface area contributed by atoms with Crippen molar-refractivity contribution in [2.24, 2.45) is 10.9 Å². The average molecular weight is 235 g/mol. The number of piperidine rings is 1. The standard InChI is InChI=1S/C13H21N3O/c17-12-13(6-8-14-9-7-13)16-11(15-12)10-4-2-1-3-5-10/h10,14H,1-9H2,(H,15,16,17). The highest BCUT2D eigenvalue weighted by Gasteiger charge is 2.45. The fraction of sp³-hybridized carbons (Fsp3) is 0.846. The highest BCUT2D eigenvalue weighted by molar-refractivity contribution is 6.09. The third-order valence-electron chi connectivity index (χ3n) is 4.42. The Bertz CT molecular complexity index is 339. The molecule has 0 radical (unpaired) electrons. The Labute approximate surface area is 102 Å². The van der Waals surface area contributed by atoms with E-state index in [1.807, 2.05) is 0 Å². The summed E-state index contributed by atoms with van der Waals surface area (Å²) in [5.74, 6) is 1.66. The minimum atomic E-state index is -0.419. The Morgan fingerprint density at radius 3 is 2.53 bits per heavy atom. The third-order valence-corrected chi connectivity index (χ3v) is 4.42. The summed E-state index contributed by atoms with van der Waals surface area (Å²) < 4.78 is 0. The van der Waals surface area contributed by atoms with E-state index in [4.69, 9.17) is 4.99 Å². The first-order chi connectivity index (χ1) is 8.30. The van der Waals surface area contributed by atoms with Gasteiger partial charge in [0.25, 0.3) is 5.91 Å². The summed E-state index contributed by atoms with van der Waals surface area (Å²) in [7, 11) is 0. The maximum absolute atomic E-state index is 12.2. The molecule has 1 aliphatic carbocycles. The van der Waals surface area contributed by atoms with E-state index in [-0.39, 0.29) is 5.91 Å². The molecule has 2 heterocycles. The first-order valence-corrected chi connectivity index (χ1v) is 6.92. The Morgan fingerprint density at radius 2 is 1.82 bits per heavy atom. The van der Waals surface area contributed by atoms with E-state index in [0.717, 1.165) is 31.8 Å². The molecule has 0 bridgehead atoms.